The molecular formula is C18H20N10O4S2. The molecule has 0 aliphatic carbocycles. The van der Waals surface area contributed by atoms with Crippen molar-refractivity contribution in [3.8, 4) is 22.5 Å². The average molecular weight is 505 g/mol. The minimum Gasteiger partial charge on any atom is -0.315 e. The molecule has 0 bridgehead atoms. The van der Waals surface area contributed by atoms with Crippen LogP contribution in [0.25, 0.3) is 33.5 Å². The largest absolute Gasteiger partial charge is 0.315 e. The van der Waals surface area contributed by atoms with Gasteiger partial charge in [-0.3, -0.25) is 0 Å². The van der Waals surface area contributed by atoms with Crippen LogP contribution in [0.2, 0.25) is 0 Å². The third-order valence-electron chi connectivity index (χ3n) is 5.58. The molecule has 1 aliphatic heterocycles. The van der Waals surface area contributed by atoms with Crippen LogP contribution in [-0.4, -0.2) is 71.6 Å². The number of sulfonamides is 2. The third kappa shape index (κ3) is 3.84. The summed E-state index contributed by atoms with van der Waals surface area (Å²) in [6.07, 6.45) is 0.564. The van der Waals surface area contributed by atoms with Crippen molar-refractivity contribution in [1.29, 1.82) is 0 Å². The number of H-pyrrole nitrogens is 1. The van der Waals surface area contributed by atoms with Gasteiger partial charge in [0, 0.05) is 25.2 Å². The van der Waals surface area contributed by atoms with E-state index >= 15 is 0 Å². The molecule has 2 aromatic carbocycles. The van der Waals surface area contributed by atoms with E-state index in [9.17, 15) is 16.8 Å². The Hall–Kier alpha value is -3.31. The van der Waals surface area contributed by atoms with Gasteiger partial charge in [0.2, 0.25) is 25.9 Å². The van der Waals surface area contributed by atoms with Gasteiger partial charge in [0.15, 0.2) is 0 Å². The molecule has 2 aromatic heterocycles. The lowest BCUT2D eigenvalue weighted by molar-refractivity contribution is 0.555. The lowest BCUT2D eigenvalue weighted by atomic mass is 9.98. The molecule has 0 unspecified atom stereocenters. The van der Waals surface area contributed by atoms with Gasteiger partial charge in [0.1, 0.15) is 15.3 Å². The first-order chi connectivity index (χ1) is 16.2. The van der Waals surface area contributed by atoms with Crippen molar-refractivity contribution in [2.75, 3.05) is 13.1 Å². The second kappa shape index (κ2) is 8.17. The van der Waals surface area contributed by atoms with Gasteiger partial charge in [-0.1, -0.05) is 23.4 Å². The summed E-state index contributed by atoms with van der Waals surface area (Å²) in [6, 6.07) is 7.55. The second-order valence-corrected chi connectivity index (χ2v) is 11.0. The minimum atomic E-state index is -4.58. The quantitative estimate of drug-likeness (QED) is 0.255. The zero-order valence-corrected chi connectivity index (χ0v) is 19.4. The highest BCUT2D eigenvalue weighted by molar-refractivity contribution is 7.92. The van der Waals surface area contributed by atoms with Gasteiger partial charge in [-0.25, -0.2) is 31.4 Å². The maximum absolute atomic E-state index is 13.3. The van der Waals surface area contributed by atoms with Crippen LogP contribution in [0.5, 0.6) is 0 Å². The number of fused-ring (bicyclic) bond motifs is 1. The standard InChI is InChI=1S/C18H20N10O4S2/c1-28-13-4-2-3-12(16(13)21-27-28)11-5-6-14(34(31,32)24-10-7-8-20-9-10)17(33(19,29)30)15(11)18-22-25-26-23-18/h2-6,10,20,24H,7-9H2,1H3,(H2,19,29,30)(H,22,23,25,26)/t10-/m0/s1. The molecule has 5 N–H and O–H groups in total. The van der Waals surface area contributed by atoms with Gasteiger partial charge in [-0.2, -0.15) is 5.21 Å². The first-order valence-corrected chi connectivity index (χ1v) is 13.2. The number of benzene rings is 2. The van der Waals surface area contributed by atoms with Crippen LogP contribution in [0, 0.1) is 0 Å². The van der Waals surface area contributed by atoms with Gasteiger partial charge < -0.3 is 5.32 Å². The van der Waals surface area contributed by atoms with Gasteiger partial charge in [-0.05, 0) is 35.9 Å². The van der Waals surface area contributed by atoms with Crippen LogP contribution >= 0.6 is 0 Å². The topological polar surface area (TPSA) is 204 Å². The Morgan fingerprint density at radius 3 is 2.62 bits per heavy atom. The summed E-state index contributed by atoms with van der Waals surface area (Å²) in [5.74, 6) is -0.139. The molecule has 3 heterocycles. The number of rotatable bonds is 6. The lowest BCUT2D eigenvalue weighted by Crippen LogP contribution is -2.37. The smallest absolute Gasteiger partial charge is 0.242 e. The molecule has 16 heteroatoms. The lowest BCUT2D eigenvalue weighted by Gasteiger charge is -2.18. The van der Waals surface area contributed by atoms with Crippen LogP contribution in [0.15, 0.2) is 40.1 Å². The first-order valence-electron chi connectivity index (χ1n) is 10.1. The Balaban J connectivity index is 1.83. The van der Waals surface area contributed by atoms with Crippen molar-refractivity contribution in [2.24, 2.45) is 12.2 Å². The first kappa shape index (κ1) is 22.5. The van der Waals surface area contributed by atoms with Crippen molar-refractivity contribution in [1.82, 2.24) is 45.7 Å². The number of nitrogens with zero attached hydrogens (tertiary/aromatic N) is 6. The number of primary sulfonamides is 1. The van der Waals surface area contributed by atoms with Crippen LogP contribution in [0.3, 0.4) is 0 Å². The Morgan fingerprint density at radius 1 is 1.12 bits per heavy atom. The van der Waals surface area contributed by atoms with Gasteiger partial charge in [0.25, 0.3) is 0 Å². The van der Waals surface area contributed by atoms with Gasteiger partial charge in [-0.15, -0.1) is 15.3 Å². The Bertz CT molecular complexity index is 1590. The van der Waals surface area contributed by atoms with E-state index in [1.807, 2.05) is 0 Å². The molecule has 1 fully saturated rings. The zero-order chi connectivity index (χ0) is 24.1. The number of tetrazole rings is 1. The zero-order valence-electron chi connectivity index (χ0n) is 17.8. The van der Waals surface area contributed by atoms with E-state index in [0.29, 0.717) is 41.7 Å². The van der Waals surface area contributed by atoms with Crippen molar-refractivity contribution in [3.63, 3.8) is 0 Å². The number of nitrogens with two attached hydrogens (primary N) is 1. The second-order valence-electron chi connectivity index (χ2n) is 7.79. The fourth-order valence-corrected chi connectivity index (χ4v) is 6.96. The molecule has 5 rings (SSSR count). The minimum absolute atomic E-state index is 0.109. The Kier molecular flexibility index (Phi) is 5.40. The van der Waals surface area contributed by atoms with Gasteiger partial charge in [0.05, 0.1) is 11.1 Å². The molecule has 4 aromatic rings. The highest BCUT2D eigenvalue weighted by Crippen LogP contribution is 2.40. The maximum Gasteiger partial charge on any atom is 0.242 e. The van der Waals surface area contributed by atoms with E-state index in [1.165, 1.54) is 12.1 Å². The highest BCUT2D eigenvalue weighted by Gasteiger charge is 2.34. The summed E-state index contributed by atoms with van der Waals surface area (Å²) < 4.78 is 56.4. The summed E-state index contributed by atoms with van der Waals surface area (Å²) in [5, 5.41) is 30.5. The van der Waals surface area contributed by atoms with Crippen LogP contribution in [0.1, 0.15) is 6.42 Å². The van der Waals surface area contributed by atoms with E-state index in [1.54, 1.807) is 29.9 Å². The molecule has 34 heavy (non-hydrogen) atoms. The molecule has 1 saturated heterocycles. The third-order valence-corrected chi connectivity index (χ3v) is 8.26. The van der Waals surface area contributed by atoms with E-state index in [-0.39, 0.29) is 17.4 Å². The molecule has 0 spiro atoms. The normalized spacial score (nSPS) is 16.9. The molecule has 0 amide bonds. The monoisotopic (exact) mass is 504 g/mol. The van der Waals surface area contributed by atoms with E-state index in [0.717, 1.165) is 0 Å². The summed E-state index contributed by atoms with van der Waals surface area (Å²) in [6.45, 7) is 1.07. The maximum atomic E-state index is 13.3. The van der Waals surface area contributed by atoms with Crippen molar-refractivity contribution >= 4 is 31.1 Å². The SMILES string of the molecule is Cn1nnc2c(-c3ccc(S(=O)(=O)N[C@H]4CCNC4)c(S(N)(=O)=O)c3-c3nn[nH]n3)cccc21. The summed E-state index contributed by atoms with van der Waals surface area (Å²) >= 11 is 0. The molecule has 1 aliphatic rings. The summed E-state index contributed by atoms with van der Waals surface area (Å²) in [7, 11) is -7.14. The van der Waals surface area contributed by atoms with Crippen molar-refractivity contribution in [2.45, 2.75) is 22.3 Å². The number of aromatic amines is 1. The van der Waals surface area contributed by atoms with Crippen molar-refractivity contribution < 1.29 is 16.8 Å². The number of nitrogens with one attached hydrogen (secondary N) is 3. The molecule has 1 atom stereocenters. The van der Waals surface area contributed by atoms with Gasteiger partial charge >= 0.3 is 0 Å². The molecule has 0 saturated carbocycles. The summed E-state index contributed by atoms with van der Waals surface area (Å²) in [4.78, 5) is -1.14. The van der Waals surface area contributed by atoms with E-state index < -0.39 is 29.8 Å². The average Bonchev–Trinajstić information content (AvgIpc) is 3.55. The van der Waals surface area contributed by atoms with Crippen LogP contribution < -0.4 is 15.2 Å². The highest BCUT2D eigenvalue weighted by atomic mass is 32.2. The number of hydrogen-bond acceptors (Lipinski definition) is 10. The molecule has 178 valence electrons. The number of hydrogen-bond donors (Lipinski definition) is 4. The molecule has 0 radical (unpaired) electrons. The number of aromatic nitrogens is 7. The summed E-state index contributed by atoms with van der Waals surface area (Å²) in [5.41, 5.74) is 1.84. The van der Waals surface area contributed by atoms with Crippen LogP contribution in [0.4, 0.5) is 0 Å². The number of aryl methyl sites for hydroxylation is 1. The van der Waals surface area contributed by atoms with E-state index in [4.69, 9.17) is 5.14 Å². The van der Waals surface area contributed by atoms with Crippen LogP contribution in [-0.2, 0) is 27.1 Å². The fraction of sp³-hybridized carbons (Fsp3) is 0.278. The molecule has 14 nitrogen and oxygen atoms in total. The fourth-order valence-electron chi connectivity index (χ4n) is 4.08. The predicted octanol–water partition coefficient (Wildman–Crippen LogP) is -0.897. The molecular weight excluding hydrogens is 484 g/mol. The van der Waals surface area contributed by atoms with Crippen molar-refractivity contribution in [3.05, 3.63) is 30.3 Å². The predicted molar refractivity (Wildman–Crippen MR) is 120 cm³/mol. The Morgan fingerprint density at radius 2 is 1.94 bits per heavy atom. The Labute approximate surface area is 194 Å². The van der Waals surface area contributed by atoms with E-state index in [2.05, 4.69) is 41.0 Å².